The van der Waals surface area contributed by atoms with Crippen LogP contribution in [0.3, 0.4) is 0 Å². The van der Waals surface area contributed by atoms with Crippen molar-refractivity contribution in [2.75, 3.05) is 27.8 Å². The molecule has 0 heterocycles. The fourth-order valence-corrected chi connectivity index (χ4v) is 1.68. The lowest BCUT2D eigenvalue weighted by Crippen LogP contribution is -2.11. The number of hydrogen-bond acceptors (Lipinski definition) is 3. The number of ether oxygens (including phenoxy) is 2. The van der Waals surface area contributed by atoms with Crippen molar-refractivity contribution >= 4 is 11.6 Å². The molecule has 0 bridgehead atoms. The van der Waals surface area contributed by atoms with Gasteiger partial charge in [0.25, 0.3) is 0 Å². The topological polar surface area (TPSA) is 30.5 Å². The predicted octanol–water partition coefficient (Wildman–Crippen LogP) is 2.12. The summed E-state index contributed by atoms with van der Waals surface area (Å²) in [5.41, 5.74) is 1.01. The van der Waals surface area contributed by atoms with Crippen LogP contribution in [0.15, 0.2) is 12.1 Å². The second-order valence-electron chi connectivity index (χ2n) is 3.14. The van der Waals surface area contributed by atoms with Crippen molar-refractivity contribution in [3.05, 3.63) is 22.7 Å². The molecule has 84 valence electrons. The van der Waals surface area contributed by atoms with Crippen LogP contribution in [0.2, 0.25) is 5.02 Å². The molecule has 0 radical (unpaired) electrons. The smallest absolute Gasteiger partial charge is 0.127 e. The quantitative estimate of drug-likeness (QED) is 0.839. The van der Waals surface area contributed by atoms with Crippen molar-refractivity contribution in [3.63, 3.8) is 0 Å². The number of rotatable bonds is 5. The second-order valence-corrected chi connectivity index (χ2v) is 3.55. The molecule has 0 unspecified atom stereocenters. The lowest BCUT2D eigenvalue weighted by Gasteiger charge is -2.12. The predicted molar refractivity (Wildman–Crippen MR) is 62.2 cm³/mol. The van der Waals surface area contributed by atoms with Crippen LogP contribution in [0.5, 0.6) is 11.5 Å². The van der Waals surface area contributed by atoms with E-state index in [0.29, 0.717) is 10.8 Å². The highest BCUT2D eigenvalue weighted by atomic mass is 35.5. The Hall–Kier alpha value is -0.930. The van der Waals surface area contributed by atoms with Crippen LogP contribution in [0.25, 0.3) is 0 Å². The van der Waals surface area contributed by atoms with Gasteiger partial charge < -0.3 is 14.8 Å². The van der Waals surface area contributed by atoms with Gasteiger partial charge in [0.05, 0.1) is 19.2 Å². The molecular formula is C11H16ClNO2. The summed E-state index contributed by atoms with van der Waals surface area (Å²) in [4.78, 5) is 0. The van der Waals surface area contributed by atoms with E-state index < -0.39 is 0 Å². The average molecular weight is 230 g/mol. The minimum Gasteiger partial charge on any atom is -0.497 e. The molecule has 0 aliphatic rings. The first-order chi connectivity index (χ1) is 7.22. The molecule has 0 fully saturated rings. The Labute approximate surface area is 95.3 Å². The zero-order valence-corrected chi connectivity index (χ0v) is 10.0. The summed E-state index contributed by atoms with van der Waals surface area (Å²) in [5, 5.41) is 3.76. The summed E-state index contributed by atoms with van der Waals surface area (Å²) in [6.07, 6.45) is 0.836. The summed E-state index contributed by atoms with van der Waals surface area (Å²) in [6, 6.07) is 3.64. The first-order valence-corrected chi connectivity index (χ1v) is 5.15. The van der Waals surface area contributed by atoms with Gasteiger partial charge in [-0.05, 0) is 26.1 Å². The zero-order valence-electron chi connectivity index (χ0n) is 9.26. The van der Waals surface area contributed by atoms with Crippen molar-refractivity contribution < 1.29 is 9.47 Å². The van der Waals surface area contributed by atoms with Crippen molar-refractivity contribution in [1.82, 2.24) is 5.32 Å². The minimum absolute atomic E-state index is 0.682. The maximum Gasteiger partial charge on any atom is 0.127 e. The summed E-state index contributed by atoms with van der Waals surface area (Å²) < 4.78 is 10.4. The van der Waals surface area contributed by atoms with Crippen LogP contribution in [-0.4, -0.2) is 27.8 Å². The van der Waals surface area contributed by atoms with Crippen molar-refractivity contribution in [1.29, 1.82) is 0 Å². The molecule has 1 aromatic carbocycles. The van der Waals surface area contributed by atoms with E-state index >= 15 is 0 Å². The van der Waals surface area contributed by atoms with E-state index in [9.17, 15) is 0 Å². The molecule has 0 aromatic heterocycles. The number of benzene rings is 1. The van der Waals surface area contributed by atoms with E-state index in [1.165, 1.54) is 0 Å². The van der Waals surface area contributed by atoms with E-state index in [2.05, 4.69) is 5.32 Å². The summed E-state index contributed by atoms with van der Waals surface area (Å²) >= 11 is 6.14. The fraction of sp³-hybridized carbons (Fsp3) is 0.455. The molecule has 1 rings (SSSR count). The highest BCUT2D eigenvalue weighted by Gasteiger charge is 2.10. The molecule has 0 atom stereocenters. The Bertz CT molecular complexity index is 329. The molecule has 15 heavy (non-hydrogen) atoms. The first kappa shape index (κ1) is 12.1. The molecule has 0 aliphatic heterocycles. The third-order valence-corrected chi connectivity index (χ3v) is 2.55. The lowest BCUT2D eigenvalue weighted by atomic mass is 10.1. The number of likely N-dealkylation sites (N-methyl/N-ethyl adjacent to an activating group) is 1. The van der Waals surface area contributed by atoms with Gasteiger partial charge in [-0.1, -0.05) is 11.6 Å². The van der Waals surface area contributed by atoms with Gasteiger partial charge >= 0.3 is 0 Å². The first-order valence-electron chi connectivity index (χ1n) is 4.78. The van der Waals surface area contributed by atoms with E-state index in [4.69, 9.17) is 21.1 Å². The third kappa shape index (κ3) is 3.01. The van der Waals surface area contributed by atoms with Crippen LogP contribution in [0.4, 0.5) is 0 Å². The minimum atomic E-state index is 0.682. The Morgan fingerprint density at radius 2 is 2.00 bits per heavy atom. The van der Waals surface area contributed by atoms with Crippen LogP contribution >= 0.6 is 11.6 Å². The van der Waals surface area contributed by atoms with Crippen LogP contribution < -0.4 is 14.8 Å². The molecule has 0 amide bonds. The second kappa shape index (κ2) is 5.83. The van der Waals surface area contributed by atoms with E-state index in [0.717, 1.165) is 24.3 Å². The maximum absolute atomic E-state index is 6.14. The average Bonchev–Trinajstić information content (AvgIpc) is 2.26. The molecule has 1 N–H and O–H groups in total. The van der Waals surface area contributed by atoms with Crippen LogP contribution in [0, 0.1) is 0 Å². The third-order valence-electron chi connectivity index (χ3n) is 2.21. The van der Waals surface area contributed by atoms with Gasteiger partial charge in [-0.3, -0.25) is 0 Å². The molecule has 0 saturated heterocycles. The van der Waals surface area contributed by atoms with Crippen LogP contribution in [0.1, 0.15) is 5.56 Å². The SMILES string of the molecule is CNCCc1c(Cl)cc(OC)cc1OC. The van der Waals surface area contributed by atoms with Gasteiger partial charge in [-0.2, -0.15) is 0 Å². The van der Waals surface area contributed by atoms with Crippen molar-refractivity contribution in [2.45, 2.75) is 6.42 Å². The summed E-state index contributed by atoms with van der Waals surface area (Å²) in [7, 11) is 5.15. The fourth-order valence-electron chi connectivity index (χ4n) is 1.38. The molecule has 0 saturated carbocycles. The largest absolute Gasteiger partial charge is 0.497 e. The number of hydrogen-bond donors (Lipinski definition) is 1. The summed E-state index contributed by atoms with van der Waals surface area (Å²) in [5.74, 6) is 1.49. The van der Waals surface area contributed by atoms with Gasteiger partial charge in [-0.15, -0.1) is 0 Å². The van der Waals surface area contributed by atoms with Crippen molar-refractivity contribution in [2.24, 2.45) is 0 Å². The molecule has 3 nitrogen and oxygen atoms in total. The van der Waals surface area contributed by atoms with E-state index in [1.807, 2.05) is 13.1 Å². The van der Waals surface area contributed by atoms with Gasteiger partial charge in [0.15, 0.2) is 0 Å². The Balaban J connectivity index is 3.01. The number of halogens is 1. The summed E-state index contributed by atoms with van der Waals surface area (Å²) in [6.45, 7) is 0.864. The molecule has 1 aromatic rings. The Kier molecular flexibility index (Phi) is 4.72. The highest BCUT2D eigenvalue weighted by molar-refractivity contribution is 6.31. The molecule has 0 spiro atoms. The monoisotopic (exact) mass is 229 g/mol. The standard InChI is InChI=1S/C11H16ClNO2/c1-13-5-4-9-10(12)6-8(14-2)7-11(9)15-3/h6-7,13H,4-5H2,1-3H3. The Morgan fingerprint density at radius 3 is 2.53 bits per heavy atom. The van der Waals surface area contributed by atoms with Crippen molar-refractivity contribution in [3.8, 4) is 11.5 Å². The Morgan fingerprint density at radius 1 is 1.27 bits per heavy atom. The molecule has 4 heteroatoms. The molecule has 0 aliphatic carbocycles. The van der Waals surface area contributed by atoms with E-state index in [-0.39, 0.29) is 0 Å². The number of methoxy groups -OCH3 is 2. The normalized spacial score (nSPS) is 10.1. The zero-order chi connectivity index (χ0) is 11.3. The van der Waals surface area contributed by atoms with E-state index in [1.54, 1.807) is 20.3 Å². The van der Waals surface area contributed by atoms with Crippen LogP contribution in [-0.2, 0) is 6.42 Å². The van der Waals surface area contributed by atoms with Gasteiger partial charge in [0, 0.05) is 11.6 Å². The van der Waals surface area contributed by atoms with Gasteiger partial charge in [-0.25, -0.2) is 0 Å². The maximum atomic E-state index is 6.14. The van der Waals surface area contributed by atoms with Gasteiger partial charge in [0.1, 0.15) is 11.5 Å². The lowest BCUT2D eigenvalue weighted by molar-refractivity contribution is 0.391. The van der Waals surface area contributed by atoms with Gasteiger partial charge in [0.2, 0.25) is 0 Å². The number of nitrogens with one attached hydrogen (secondary N) is 1. The highest BCUT2D eigenvalue weighted by Crippen LogP contribution is 2.32. The molecular weight excluding hydrogens is 214 g/mol.